The summed E-state index contributed by atoms with van der Waals surface area (Å²) in [5.41, 5.74) is 0.979. The Balaban J connectivity index is 2.19. The molecule has 1 fully saturated rings. The Kier molecular flexibility index (Phi) is 7.60. The predicted octanol–water partition coefficient (Wildman–Crippen LogP) is 3.09. The molecule has 2 aromatic carbocycles. The molecule has 0 radical (unpaired) electrons. The second kappa shape index (κ2) is 10.4. The van der Waals surface area contributed by atoms with E-state index in [1.165, 1.54) is 19.1 Å². The van der Waals surface area contributed by atoms with E-state index in [1.807, 2.05) is 25.9 Å². The summed E-state index contributed by atoms with van der Waals surface area (Å²) in [4.78, 5) is 29.6. The Labute approximate surface area is 194 Å². The van der Waals surface area contributed by atoms with Crippen LogP contribution in [-0.4, -0.2) is 74.6 Å². The number of benzene rings is 2. The molecule has 1 N–H and O–H groups in total. The summed E-state index contributed by atoms with van der Waals surface area (Å²) in [5.74, 6) is -0.145. The minimum Gasteiger partial charge on any atom is -0.507 e. The molecule has 1 unspecified atom stereocenters. The van der Waals surface area contributed by atoms with Crippen LogP contribution in [0.1, 0.15) is 24.1 Å². The van der Waals surface area contributed by atoms with Crippen LogP contribution in [0.4, 0.5) is 0 Å². The first-order valence-corrected chi connectivity index (χ1v) is 10.7. The summed E-state index contributed by atoms with van der Waals surface area (Å²) in [7, 11) is 6.79. The normalized spacial score (nSPS) is 17.5. The number of ketones is 1. The topological polar surface area (TPSA) is 88.5 Å². The Bertz CT molecular complexity index is 1050. The van der Waals surface area contributed by atoms with Crippen molar-refractivity contribution in [2.45, 2.75) is 13.0 Å². The minimum atomic E-state index is -0.832. The number of rotatable bonds is 9. The van der Waals surface area contributed by atoms with E-state index in [1.54, 1.807) is 42.5 Å². The van der Waals surface area contributed by atoms with Crippen molar-refractivity contribution in [1.29, 1.82) is 0 Å². The van der Waals surface area contributed by atoms with Crippen molar-refractivity contribution in [1.82, 2.24) is 9.80 Å². The van der Waals surface area contributed by atoms with Gasteiger partial charge in [0.2, 0.25) is 0 Å². The number of hydrogen-bond donors (Lipinski definition) is 1. The minimum absolute atomic E-state index is 0.00877. The number of methoxy groups -OCH3 is 2. The zero-order chi connectivity index (χ0) is 24.1. The first kappa shape index (κ1) is 24.1. The van der Waals surface area contributed by atoms with Crippen LogP contribution in [0.5, 0.6) is 17.2 Å². The number of carbonyl (C=O) groups excluding carboxylic acids is 2. The van der Waals surface area contributed by atoms with Crippen molar-refractivity contribution in [2.24, 2.45) is 0 Å². The maximum Gasteiger partial charge on any atom is 0.295 e. The largest absolute Gasteiger partial charge is 0.507 e. The summed E-state index contributed by atoms with van der Waals surface area (Å²) >= 11 is 0. The van der Waals surface area contributed by atoms with Crippen molar-refractivity contribution in [3.05, 3.63) is 59.2 Å². The van der Waals surface area contributed by atoms with E-state index in [0.29, 0.717) is 48.1 Å². The van der Waals surface area contributed by atoms with Gasteiger partial charge in [0, 0.05) is 24.2 Å². The monoisotopic (exact) mass is 454 g/mol. The van der Waals surface area contributed by atoms with E-state index in [9.17, 15) is 14.7 Å². The molecule has 1 aliphatic rings. The van der Waals surface area contributed by atoms with Crippen LogP contribution in [0.2, 0.25) is 0 Å². The fourth-order valence-electron chi connectivity index (χ4n) is 3.90. The third-order valence-corrected chi connectivity index (χ3v) is 5.49. The van der Waals surface area contributed by atoms with Crippen LogP contribution in [0.15, 0.2) is 48.0 Å². The van der Waals surface area contributed by atoms with Crippen LogP contribution in [0, 0.1) is 0 Å². The Morgan fingerprint density at radius 3 is 2.33 bits per heavy atom. The fraction of sp³-hybridized carbons (Fsp3) is 0.360. The van der Waals surface area contributed by atoms with Gasteiger partial charge in [0.05, 0.1) is 32.4 Å². The van der Waals surface area contributed by atoms with Gasteiger partial charge in [-0.3, -0.25) is 9.59 Å². The van der Waals surface area contributed by atoms with Crippen LogP contribution in [-0.2, 0) is 9.59 Å². The number of likely N-dealkylation sites (N-methyl/N-ethyl adjacent to an activating group) is 1. The molecule has 1 aliphatic heterocycles. The molecule has 0 spiro atoms. The predicted molar refractivity (Wildman–Crippen MR) is 125 cm³/mol. The van der Waals surface area contributed by atoms with Crippen LogP contribution in [0.25, 0.3) is 5.76 Å². The number of nitrogens with zero attached hydrogens (tertiary/aromatic N) is 2. The molecule has 0 saturated carbocycles. The summed E-state index contributed by atoms with van der Waals surface area (Å²) < 4.78 is 16.5. The van der Waals surface area contributed by atoms with Crippen molar-refractivity contribution in [3.8, 4) is 17.2 Å². The first-order valence-electron chi connectivity index (χ1n) is 10.7. The molecule has 1 atom stereocenters. The number of likely N-dealkylation sites (tertiary alicyclic amines) is 1. The van der Waals surface area contributed by atoms with Gasteiger partial charge in [0.15, 0.2) is 11.5 Å². The van der Waals surface area contributed by atoms with Gasteiger partial charge in [0.1, 0.15) is 11.5 Å². The van der Waals surface area contributed by atoms with Crippen molar-refractivity contribution in [2.75, 3.05) is 48.0 Å². The Hall–Kier alpha value is -3.52. The van der Waals surface area contributed by atoms with Gasteiger partial charge in [0.25, 0.3) is 11.7 Å². The molecule has 2 aromatic rings. The van der Waals surface area contributed by atoms with Gasteiger partial charge >= 0.3 is 0 Å². The van der Waals surface area contributed by atoms with Crippen LogP contribution < -0.4 is 14.2 Å². The molecule has 3 rings (SSSR count). The number of aliphatic hydroxyl groups excluding tert-OH is 1. The van der Waals surface area contributed by atoms with E-state index in [0.717, 1.165) is 0 Å². The van der Waals surface area contributed by atoms with E-state index < -0.39 is 17.7 Å². The number of para-hydroxylation sites is 1. The molecule has 0 aliphatic carbocycles. The van der Waals surface area contributed by atoms with Gasteiger partial charge in [-0.15, -0.1) is 0 Å². The number of Topliss-reactive ketones (excluding diaryl/α,β-unsaturated/α-hetero) is 1. The van der Waals surface area contributed by atoms with Crippen molar-refractivity contribution in [3.63, 3.8) is 0 Å². The first-order chi connectivity index (χ1) is 15.8. The van der Waals surface area contributed by atoms with Crippen LogP contribution in [0.3, 0.4) is 0 Å². The zero-order valence-electron chi connectivity index (χ0n) is 19.6. The Morgan fingerprint density at radius 1 is 1.06 bits per heavy atom. The van der Waals surface area contributed by atoms with Gasteiger partial charge in [-0.25, -0.2) is 0 Å². The maximum absolute atomic E-state index is 13.2. The average Bonchev–Trinajstić information content (AvgIpc) is 3.06. The standard InChI is InChI=1S/C25H30N2O6/c1-6-33-17-12-10-16(11-13-17)22(28)20-21(18-8-7-9-19(31-4)24(18)32-5)27(15-14-26(2)3)25(30)23(20)29/h7-13,21,28H,6,14-15H2,1-5H3. The van der Waals surface area contributed by atoms with Gasteiger partial charge in [-0.05, 0) is 51.4 Å². The molecule has 0 aromatic heterocycles. The van der Waals surface area contributed by atoms with Crippen molar-refractivity contribution >= 4 is 17.4 Å². The third-order valence-electron chi connectivity index (χ3n) is 5.49. The number of aliphatic hydroxyl groups is 1. The molecule has 1 saturated heterocycles. The molecular formula is C25H30N2O6. The number of hydrogen-bond acceptors (Lipinski definition) is 7. The maximum atomic E-state index is 13.2. The van der Waals surface area contributed by atoms with E-state index in [2.05, 4.69) is 0 Å². The van der Waals surface area contributed by atoms with Gasteiger partial charge in [-0.1, -0.05) is 12.1 Å². The Morgan fingerprint density at radius 2 is 1.76 bits per heavy atom. The SMILES string of the molecule is CCOc1ccc(C(O)=C2C(=O)C(=O)N(CCN(C)C)C2c2cccc(OC)c2OC)cc1. The van der Waals surface area contributed by atoms with Crippen molar-refractivity contribution < 1.29 is 28.9 Å². The van der Waals surface area contributed by atoms with E-state index in [-0.39, 0.29) is 11.3 Å². The molecule has 1 amide bonds. The lowest BCUT2D eigenvalue weighted by atomic mass is 9.94. The van der Waals surface area contributed by atoms with Crippen LogP contribution >= 0.6 is 0 Å². The van der Waals surface area contributed by atoms with Gasteiger partial charge < -0.3 is 29.1 Å². The lowest BCUT2D eigenvalue weighted by Gasteiger charge is -2.28. The van der Waals surface area contributed by atoms with Gasteiger partial charge in [-0.2, -0.15) is 0 Å². The summed E-state index contributed by atoms with van der Waals surface area (Å²) in [6.45, 7) is 3.23. The highest BCUT2D eigenvalue weighted by Gasteiger charge is 2.47. The number of amides is 1. The molecule has 8 nitrogen and oxygen atoms in total. The molecule has 1 heterocycles. The lowest BCUT2D eigenvalue weighted by molar-refractivity contribution is -0.140. The van der Waals surface area contributed by atoms with E-state index >= 15 is 0 Å². The van der Waals surface area contributed by atoms with E-state index in [4.69, 9.17) is 14.2 Å². The average molecular weight is 455 g/mol. The highest BCUT2D eigenvalue weighted by molar-refractivity contribution is 6.46. The molecular weight excluding hydrogens is 424 g/mol. The number of carbonyl (C=O) groups is 2. The molecule has 33 heavy (non-hydrogen) atoms. The molecule has 0 bridgehead atoms. The fourth-order valence-corrected chi connectivity index (χ4v) is 3.90. The summed E-state index contributed by atoms with van der Waals surface area (Å²) in [6, 6.07) is 11.2. The quantitative estimate of drug-likeness (QED) is 0.354. The third kappa shape index (κ3) is 4.80. The second-order valence-electron chi connectivity index (χ2n) is 7.84. The highest BCUT2D eigenvalue weighted by atomic mass is 16.5. The summed E-state index contributed by atoms with van der Waals surface area (Å²) in [5, 5.41) is 11.2. The zero-order valence-corrected chi connectivity index (χ0v) is 19.6. The summed E-state index contributed by atoms with van der Waals surface area (Å²) in [6.07, 6.45) is 0. The highest BCUT2D eigenvalue weighted by Crippen LogP contribution is 2.45. The lowest BCUT2D eigenvalue weighted by Crippen LogP contribution is -2.35. The smallest absolute Gasteiger partial charge is 0.295 e. The molecule has 8 heteroatoms. The second-order valence-corrected chi connectivity index (χ2v) is 7.84. The number of ether oxygens (including phenoxy) is 3. The molecule has 176 valence electrons.